The predicted molar refractivity (Wildman–Crippen MR) is 111 cm³/mol. The number of hydrogen-bond donors (Lipinski definition) is 1. The predicted octanol–water partition coefficient (Wildman–Crippen LogP) is 5.03. The van der Waals surface area contributed by atoms with Gasteiger partial charge in [-0.3, -0.25) is 20.2 Å². The highest BCUT2D eigenvalue weighted by molar-refractivity contribution is 7.14. The minimum Gasteiger partial charge on any atom is -0.493 e. The average Bonchev–Trinajstić information content (AvgIpc) is 3.16. The SMILES string of the molecule is CCOc1cc([N+](=O)[O-])c(C(=O)Nc2nc(-c3ccccc3Cl)cs2)cc1OC. The molecule has 29 heavy (non-hydrogen) atoms. The third-order valence-corrected chi connectivity index (χ3v) is 4.98. The first-order valence-corrected chi connectivity index (χ1v) is 9.71. The largest absolute Gasteiger partial charge is 0.493 e. The molecule has 10 heteroatoms. The molecule has 8 nitrogen and oxygen atoms in total. The Labute approximate surface area is 175 Å². The lowest BCUT2D eigenvalue weighted by molar-refractivity contribution is -0.385. The highest BCUT2D eigenvalue weighted by atomic mass is 35.5. The molecule has 1 aromatic heterocycles. The van der Waals surface area contributed by atoms with Gasteiger partial charge in [0.05, 0.1) is 30.4 Å². The third kappa shape index (κ3) is 4.47. The summed E-state index contributed by atoms with van der Waals surface area (Å²) in [6.07, 6.45) is 0. The van der Waals surface area contributed by atoms with Gasteiger partial charge in [0.25, 0.3) is 11.6 Å². The summed E-state index contributed by atoms with van der Waals surface area (Å²) in [5, 5.41) is 16.6. The molecule has 1 heterocycles. The molecule has 3 aromatic rings. The van der Waals surface area contributed by atoms with Crippen molar-refractivity contribution < 1.29 is 19.2 Å². The van der Waals surface area contributed by atoms with Crippen LogP contribution in [0.25, 0.3) is 11.3 Å². The fourth-order valence-electron chi connectivity index (χ4n) is 2.60. The summed E-state index contributed by atoms with van der Waals surface area (Å²) in [5.74, 6) is -0.273. The number of carbonyl (C=O) groups excluding carboxylic acids is 1. The molecular weight excluding hydrogens is 418 g/mol. The van der Waals surface area contributed by atoms with E-state index in [1.807, 2.05) is 12.1 Å². The maximum absolute atomic E-state index is 12.7. The van der Waals surface area contributed by atoms with Gasteiger partial charge in [0.2, 0.25) is 0 Å². The quantitative estimate of drug-likeness (QED) is 0.414. The molecule has 0 aliphatic carbocycles. The van der Waals surface area contributed by atoms with Crippen LogP contribution < -0.4 is 14.8 Å². The van der Waals surface area contributed by atoms with Crippen molar-refractivity contribution in [1.82, 2.24) is 4.98 Å². The minimum absolute atomic E-state index is 0.162. The summed E-state index contributed by atoms with van der Waals surface area (Å²) in [6.45, 7) is 2.04. The summed E-state index contributed by atoms with van der Waals surface area (Å²) in [5.41, 5.74) is 0.758. The van der Waals surface area contributed by atoms with E-state index in [1.54, 1.807) is 24.4 Å². The number of carbonyl (C=O) groups is 1. The third-order valence-electron chi connectivity index (χ3n) is 3.90. The number of thiazole rings is 1. The average molecular weight is 434 g/mol. The van der Waals surface area contributed by atoms with Crippen molar-refractivity contribution >= 4 is 39.7 Å². The Morgan fingerprint density at radius 2 is 2.07 bits per heavy atom. The summed E-state index contributed by atoms with van der Waals surface area (Å²) in [6, 6.07) is 9.64. The number of benzene rings is 2. The number of aromatic nitrogens is 1. The van der Waals surface area contributed by atoms with E-state index in [9.17, 15) is 14.9 Å². The van der Waals surface area contributed by atoms with Gasteiger partial charge in [0, 0.05) is 22.0 Å². The molecule has 1 N–H and O–H groups in total. The molecule has 0 spiro atoms. The summed E-state index contributed by atoms with van der Waals surface area (Å²) >= 11 is 7.36. The second-order valence-corrected chi connectivity index (χ2v) is 6.95. The number of ether oxygens (including phenoxy) is 2. The van der Waals surface area contributed by atoms with Crippen molar-refractivity contribution in [3.63, 3.8) is 0 Å². The Balaban J connectivity index is 1.91. The van der Waals surface area contributed by atoms with Crippen LogP contribution in [0, 0.1) is 10.1 Å². The van der Waals surface area contributed by atoms with Crippen LogP contribution in [0.15, 0.2) is 41.8 Å². The number of nitrogens with zero attached hydrogens (tertiary/aromatic N) is 2. The summed E-state index contributed by atoms with van der Waals surface area (Å²) in [7, 11) is 1.39. The second kappa shape index (κ2) is 8.89. The zero-order chi connectivity index (χ0) is 21.0. The first-order chi connectivity index (χ1) is 13.9. The molecule has 0 aliphatic heterocycles. The van der Waals surface area contributed by atoms with Crippen LogP contribution in [0.2, 0.25) is 5.02 Å². The molecule has 0 saturated heterocycles. The van der Waals surface area contributed by atoms with Gasteiger partial charge in [-0.15, -0.1) is 11.3 Å². The molecule has 1 amide bonds. The van der Waals surface area contributed by atoms with Crippen LogP contribution in [0.4, 0.5) is 10.8 Å². The summed E-state index contributed by atoms with van der Waals surface area (Å²) in [4.78, 5) is 27.9. The van der Waals surface area contributed by atoms with Gasteiger partial charge in [-0.2, -0.15) is 0 Å². The van der Waals surface area contributed by atoms with E-state index < -0.39 is 16.5 Å². The van der Waals surface area contributed by atoms with Crippen LogP contribution >= 0.6 is 22.9 Å². The van der Waals surface area contributed by atoms with E-state index in [2.05, 4.69) is 10.3 Å². The number of methoxy groups -OCH3 is 1. The van der Waals surface area contributed by atoms with Gasteiger partial charge in [0.15, 0.2) is 16.6 Å². The van der Waals surface area contributed by atoms with Crippen molar-refractivity contribution in [2.75, 3.05) is 19.0 Å². The second-order valence-electron chi connectivity index (χ2n) is 5.68. The monoisotopic (exact) mass is 433 g/mol. The van der Waals surface area contributed by atoms with E-state index in [1.165, 1.54) is 30.6 Å². The molecule has 0 aliphatic rings. The van der Waals surface area contributed by atoms with Gasteiger partial charge in [-0.05, 0) is 13.0 Å². The van der Waals surface area contributed by atoms with Gasteiger partial charge in [-0.1, -0.05) is 29.8 Å². The highest BCUT2D eigenvalue weighted by Crippen LogP contribution is 2.36. The Bertz CT molecular complexity index is 1070. The molecule has 0 atom stereocenters. The van der Waals surface area contributed by atoms with Gasteiger partial charge >= 0.3 is 0 Å². The molecule has 0 radical (unpaired) electrons. The van der Waals surface area contributed by atoms with Crippen molar-refractivity contribution in [3.05, 3.63) is 62.5 Å². The fourth-order valence-corrected chi connectivity index (χ4v) is 3.54. The number of nitrogens with one attached hydrogen (secondary N) is 1. The van der Waals surface area contributed by atoms with Gasteiger partial charge < -0.3 is 9.47 Å². The van der Waals surface area contributed by atoms with Crippen LogP contribution in [0.1, 0.15) is 17.3 Å². The molecule has 3 rings (SSSR count). The standard InChI is InChI=1S/C19H16ClN3O5S/c1-3-28-17-9-15(23(25)26)12(8-16(17)27-2)18(24)22-19-21-14(10-29-19)11-6-4-5-7-13(11)20/h4-10H,3H2,1-2H3,(H,21,22,24). The van der Waals surface area contributed by atoms with Crippen molar-refractivity contribution in [2.45, 2.75) is 6.92 Å². The first-order valence-electron chi connectivity index (χ1n) is 8.45. The highest BCUT2D eigenvalue weighted by Gasteiger charge is 2.25. The zero-order valence-corrected chi connectivity index (χ0v) is 17.0. The molecule has 2 aromatic carbocycles. The Hall–Kier alpha value is -3.17. The summed E-state index contributed by atoms with van der Waals surface area (Å²) < 4.78 is 10.5. The number of amides is 1. The smallest absolute Gasteiger partial charge is 0.286 e. The van der Waals surface area contributed by atoms with Crippen LogP contribution in [-0.2, 0) is 0 Å². The lowest BCUT2D eigenvalue weighted by atomic mass is 10.1. The molecule has 0 fully saturated rings. The number of hydrogen-bond acceptors (Lipinski definition) is 7. The Kier molecular flexibility index (Phi) is 6.30. The fraction of sp³-hybridized carbons (Fsp3) is 0.158. The normalized spacial score (nSPS) is 10.4. The van der Waals surface area contributed by atoms with E-state index in [0.717, 1.165) is 5.56 Å². The topological polar surface area (TPSA) is 104 Å². The molecule has 0 saturated carbocycles. The first kappa shape index (κ1) is 20.6. The molecule has 150 valence electrons. The maximum Gasteiger partial charge on any atom is 0.286 e. The lowest BCUT2D eigenvalue weighted by Crippen LogP contribution is -2.14. The van der Waals surface area contributed by atoms with E-state index >= 15 is 0 Å². The van der Waals surface area contributed by atoms with E-state index in [-0.39, 0.29) is 22.2 Å². The van der Waals surface area contributed by atoms with Crippen molar-refractivity contribution in [3.8, 4) is 22.8 Å². The minimum atomic E-state index is -0.682. The number of halogens is 1. The van der Waals surface area contributed by atoms with Gasteiger partial charge in [-0.25, -0.2) is 4.98 Å². The number of anilines is 1. The molecular formula is C19H16ClN3O5S. The molecule has 0 bridgehead atoms. The zero-order valence-electron chi connectivity index (χ0n) is 15.5. The maximum atomic E-state index is 12.7. The van der Waals surface area contributed by atoms with Crippen molar-refractivity contribution in [2.24, 2.45) is 0 Å². The van der Waals surface area contributed by atoms with Gasteiger partial charge in [0.1, 0.15) is 5.56 Å². The lowest BCUT2D eigenvalue weighted by Gasteiger charge is -2.11. The van der Waals surface area contributed by atoms with Crippen LogP contribution in [0.5, 0.6) is 11.5 Å². The van der Waals surface area contributed by atoms with Crippen molar-refractivity contribution in [1.29, 1.82) is 0 Å². The number of nitro benzene ring substituents is 1. The van der Waals surface area contributed by atoms with Crippen LogP contribution in [-0.4, -0.2) is 29.5 Å². The van der Waals surface area contributed by atoms with E-state index in [0.29, 0.717) is 17.3 Å². The van der Waals surface area contributed by atoms with Crippen LogP contribution in [0.3, 0.4) is 0 Å². The van der Waals surface area contributed by atoms with E-state index in [4.69, 9.17) is 21.1 Å². The number of rotatable bonds is 7. The molecule has 0 unspecified atom stereocenters. The Morgan fingerprint density at radius 1 is 1.31 bits per heavy atom. The Morgan fingerprint density at radius 3 is 2.72 bits per heavy atom. The number of nitro groups is 1.